The zero-order valence-corrected chi connectivity index (χ0v) is 9.49. The molecule has 0 saturated heterocycles. The number of rotatable bonds is 4. The molecule has 0 heterocycles. The Kier molecular flexibility index (Phi) is 4.62. The molecule has 0 fully saturated rings. The van der Waals surface area contributed by atoms with Gasteiger partial charge in [0.1, 0.15) is 8.11 Å². The summed E-state index contributed by atoms with van der Waals surface area (Å²) in [7, 11) is -0.939. The summed E-state index contributed by atoms with van der Waals surface area (Å²) in [5.74, 6) is 0. The highest BCUT2D eigenvalue weighted by molar-refractivity contribution is 7.07. The van der Waals surface area contributed by atoms with Gasteiger partial charge in [0.05, 0.1) is 0 Å². The molecule has 2 heteroatoms. The van der Waals surface area contributed by atoms with Gasteiger partial charge in [0.15, 0.2) is 0 Å². The first kappa shape index (κ1) is 10.5. The molecular formula is C8H19ClSi. The van der Waals surface area contributed by atoms with Gasteiger partial charge in [-0.15, -0.1) is 0 Å². The van der Waals surface area contributed by atoms with Gasteiger partial charge in [-0.05, 0) is 11.5 Å². The van der Waals surface area contributed by atoms with Gasteiger partial charge < -0.3 is 0 Å². The monoisotopic (exact) mass is 178 g/mol. The highest BCUT2D eigenvalue weighted by Gasteiger charge is 2.24. The van der Waals surface area contributed by atoms with Gasteiger partial charge in [-0.2, -0.15) is 11.1 Å². The quantitative estimate of drug-likeness (QED) is 0.457. The second-order valence-corrected chi connectivity index (χ2v) is 8.47. The number of hydrogen-bond acceptors (Lipinski definition) is 0. The van der Waals surface area contributed by atoms with Gasteiger partial charge in [-0.3, -0.25) is 0 Å². The zero-order valence-electron chi connectivity index (χ0n) is 7.58. The number of halogens is 1. The molecule has 10 heavy (non-hydrogen) atoms. The third-order valence-electron chi connectivity index (χ3n) is 2.25. The van der Waals surface area contributed by atoms with Crippen LogP contribution in [0.1, 0.15) is 40.0 Å². The van der Waals surface area contributed by atoms with Crippen LogP contribution in [0.4, 0.5) is 0 Å². The average Bonchev–Trinajstić information content (AvgIpc) is 1.84. The minimum Gasteiger partial charge on any atom is -0.171 e. The third-order valence-corrected chi connectivity index (χ3v) is 6.47. The molecule has 0 rings (SSSR count). The van der Waals surface area contributed by atoms with Crippen molar-refractivity contribution in [2.24, 2.45) is 0 Å². The van der Waals surface area contributed by atoms with E-state index in [4.69, 9.17) is 11.1 Å². The number of hydrogen-bond donors (Lipinski definition) is 0. The highest BCUT2D eigenvalue weighted by Crippen LogP contribution is 2.35. The molecule has 0 aliphatic carbocycles. The Balaban J connectivity index is 3.63. The molecule has 0 N–H and O–H groups in total. The summed E-state index contributed by atoms with van der Waals surface area (Å²) in [6.07, 6.45) is 3.93. The summed E-state index contributed by atoms with van der Waals surface area (Å²) in [6.45, 7) is 9.05. The van der Waals surface area contributed by atoms with Crippen molar-refractivity contribution in [3.8, 4) is 0 Å². The van der Waals surface area contributed by atoms with Crippen LogP contribution in [-0.2, 0) is 0 Å². The second-order valence-electron chi connectivity index (χ2n) is 3.71. The van der Waals surface area contributed by atoms with Crippen LogP contribution >= 0.6 is 11.1 Å². The molecule has 62 valence electrons. The van der Waals surface area contributed by atoms with Crippen molar-refractivity contribution in [1.82, 2.24) is 0 Å². The fourth-order valence-corrected chi connectivity index (χ4v) is 1.76. The predicted molar refractivity (Wildman–Crippen MR) is 52.4 cm³/mol. The molecule has 0 aromatic rings. The maximum Gasteiger partial charge on any atom is 0.143 e. The first-order valence-corrected chi connectivity index (χ1v) is 7.62. The van der Waals surface area contributed by atoms with Crippen molar-refractivity contribution in [2.75, 3.05) is 0 Å². The first-order valence-electron chi connectivity index (χ1n) is 4.14. The van der Waals surface area contributed by atoms with Crippen LogP contribution in [0.15, 0.2) is 0 Å². The van der Waals surface area contributed by atoms with Gasteiger partial charge in [0.2, 0.25) is 0 Å². The molecule has 0 spiro atoms. The lowest BCUT2D eigenvalue weighted by molar-refractivity contribution is 0.563. The summed E-state index contributed by atoms with van der Waals surface area (Å²) in [5, 5.41) is 0.456. The molecule has 0 amide bonds. The van der Waals surface area contributed by atoms with Crippen molar-refractivity contribution >= 4 is 19.2 Å². The lowest BCUT2D eigenvalue weighted by Gasteiger charge is -2.25. The molecule has 0 bridgehead atoms. The third kappa shape index (κ3) is 3.62. The van der Waals surface area contributed by atoms with E-state index in [1.807, 2.05) is 0 Å². The Bertz CT molecular complexity index is 89.3. The van der Waals surface area contributed by atoms with E-state index in [0.29, 0.717) is 5.04 Å². The summed E-state index contributed by atoms with van der Waals surface area (Å²) in [5.41, 5.74) is 0. The summed E-state index contributed by atoms with van der Waals surface area (Å²) < 4.78 is 0. The van der Waals surface area contributed by atoms with Gasteiger partial charge in [0.25, 0.3) is 0 Å². The normalized spacial score (nSPS) is 15.3. The summed E-state index contributed by atoms with van der Waals surface area (Å²) >= 11 is 6.14. The maximum atomic E-state index is 6.14. The van der Waals surface area contributed by atoms with E-state index < -0.39 is 8.11 Å². The van der Waals surface area contributed by atoms with Crippen LogP contribution in [-0.4, -0.2) is 8.11 Å². The van der Waals surface area contributed by atoms with Gasteiger partial charge in [-0.1, -0.05) is 40.2 Å². The Morgan fingerprint density at radius 3 is 2.20 bits per heavy atom. The molecule has 0 aromatic heterocycles. The topological polar surface area (TPSA) is 0 Å². The predicted octanol–water partition coefficient (Wildman–Crippen LogP) is 3.55. The van der Waals surface area contributed by atoms with E-state index in [-0.39, 0.29) is 0 Å². The van der Waals surface area contributed by atoms with Crippen LogP contribution in [0.5, 0.6) is 0 Å². The fraction of sp³-hybridized carbons (Fsp3) is 1.00. The van der Waals surface area contributed by atoms with Gasteiger partial charge in [-0.25, -0.2) is 0 Å². The minimum absolute atomic E-state index is 0.456. The Morgan fingerprint density at radius 2 is 1.90 bits per heavy atom. The Morgan fingerprint density at radius 1 is 1.40 bits per heavy atom. The minimum atomic E-state index is -0.939. The van der Waals surface area contributed by atoms with Crippen molar-refractivity contribution in [1.29, 1.82) is 0 Å². The van der Waals surface area contributed by atoms with E-state index >= 15 is 0 Å². The molecule has 1 unspecified atom stereocenters. The second kappa shape index (κ2) is 4.40. The largest absolute Gasteiger partial charge is 0.171 e. The lowest BCUT2D eigenvalue weighted by atomic mass is 10.1. The van der Waals surface area contributed by atoms with Crippen LogP contribution in [0, 0.1) is 0 Å². The zero-order chi connectivity index (χ0) is 8.20. The molecule has 0 aliphatic heterocycles. The van der Waals surface area contributed by atoms with E-state index in [9.17, 15) is 0 Å². The smallest absolute Gasteiger partial charge is 0.143 e. The van der Waals surface area contributed by atoms with E-state index in [2.05, 4.69) is 27.3 Å². The van der Waals surface area contributed by atoms with Crippen LogP contribution in [0.3, 0.4) is 0 Å². The molecular weight excluding hydrogens is 160 g/mol. The SMILES string of the molecule is CCCCC(C)(C)[SiH](C)Cl. The van der Waals surface area contributed by atoms with Crippen molar-refractivity contribution in [3.63, 3.8) is 0 Å². The van der Waals surface area contributed by atoms with E-state index in [0.717, 1.165) is 0 Å². The maximum absolute atomic E-state index is 6.14. The molecule has 0 nitrogen and oxygen atoms in total. The Labute approximate surface area is 71.3 Å². The van der Waals surface area contributed by atoms with E-state index in [1.165, 1.54) is 19.3 Å². The van der Waals surface area contributed by atoms with Crippen LogP contribution < -0.4 is 0 Å². The summed E-state index contributed by atoms with van der Waals surface area (Å²) in [4.78, 5) is 0. The molecule has 0 radical (unpaired) electrons. The van der Waals surface area contributed by atoms with Crippen LogP contribution in [0.2, 0.25) is 11.6 Å². The standard InChI is InChI=1S/C8H19ClSi/c1-5-6-7-8(2,3)10(4)9/h10H,5-7H2,1-4H3. The van der Waals surface area contributed by atoms with Gasteiger partial charge in [0, 0.05) is 0 Å². The van der Waals surface area contributed by atoms with Crippen molar-refractivity contribution in [3.05, 3.63) is 0 Å². The molecule has 0 saturated carbocycles. The highest BCUT2D eigenvalue weighted by atomic mass is 35.6. The Hall–Kier alpha value is 0.507. The molecule has 0 aromatic carbocycles. The van der Waals surface area contributed by atoms with Gasteiger partial charge >= 0.3 is 0 Å². The number of unbranched alkanes of at least 4 members (excludes halogenated alkanes) is 1. The molecule has 1 atom stereocenters. The van der Waals surface area contributed by atoms with E-state index in [1.54, 1.807) is 0 Å². The first-order chi connectivity index (χ1) is 4.50. The summed E-state index contributed by atoms with van der Waals surface area (Å²) in [6, 6.07) is 0. The fourth-order valence-electron chi connectivity index (χ4n) is 0.831. The van der Waals surface area contributed by atoms with Crippen LogP contribution in [0.25, 0.3) is 0 Å². The molecule has 0 aliphatic rings. The van der Waals surface area contributed by atoms with Crippen molar-refractivity contribution in [2.45, 2.75) is 51.6 Å². The van der Waals surface area contributed by atoms with Crippen molar-refractivity contribution < 1.29 is 0 Å². The lowest BCUT2D eigenvalue weighted by Crippen LogP contribution is -2.18. The average molecular weight is 179 g/mol.